The van der Waals surface area contributed by atoms with Gasteiger partial charge in [0.2, 0.25) is 0 Å². The van der Waals surface area contributed by atoms with Crippen molar-refractivity contribution in [3.63, 3.8) is 0 Å². The lowest BCUT2D eigenvalue weighted by molar-refractivity contribution is -0.125. The molecule has 1 spiro atoms. The molecule has 1 atom stereocenters. The summed E-state index contributed by atoms with van der Waals surface area (Å²) in [5.74, 6) is 0.428. The first-order valence-electron chi connectivity index (χ1n) is 5.06. The number of carbonyl (C=O) groups excluding carboxylic acids is 1. The molecule has 1 saturated heterocycles. The molecule has 1 aromatic rings. The van der Waals surface area contributed by atoms with Crippen LogP contribution in [0.4, 0.5) is 0 Å². The van der Waals surface area contributed by atoms with Gasteiger partial charge in [0.25, 0.3) is 0 Å². The smallest absolute Gasteiger partial charge is 0.158 e. The second-order valence-electron chi connectivity index (χ2n) is 4.21. The number of aryl methyl sites for hydroxylation is 1. The fraction of sp³-hybridized carbons (Fsp3) is 0.545. The normalized spacial score (nSPS) is 31.6. The molecular formula is C11H13NOS. The number of likely N-dealkylation sites (N-methyl/N-ethyl adjacent to an activating group) is 1. The van der Waals surface area contributed by atoms with Crippen molar-refractivity contribution in [2.75, 3.05) is 13.6 Å². The van der Waals surface area contributed by atoms with Crippen LogP contribution >= 0.6 is 11.3 Å². The molecule has 2 nitrogen and oxygen atoms in total. The Morgan fingerprint density at radius 1 is 1.50 bits per heavy atom. The quantitative estimate of drug-likeness (QED) is 0.646. The minimum Gasteiger partial charge on any atom is -0.297 e. The van der Waals surface area contributed by atoms with Crippen molar-refractivity contribution >= 4 is 17.1 Å². The Balaban J connectivity index is 2.18. The largest absolute Gasteiger partial charge is 0.297 e. The summed E-state index contributed by atoms with van der Waals surface area (Å²) in [6.07, 6.45) is 2.82. The van der Waals surface area contributed by atoms with Crippen molar-refractivity contribution in [3.8, 4) is 0 Å². The molecule has 0 bridgehead atoms. The highest BCUT2D eigenvalue weighted by Gasteiger charge is 2.51. The average Bonchev–Trinajstić information content (AvgIpc) is 2.78. The van der Waals surface area contributed by atoms with Crippen LogP contribution in [-0.2, 0) is 16.8 Å². The van der Waals surface area contributed by atoms with E-state index < -0.39 is 0 Å². The molecule has 0 N–H and O–H groups in total. The van der Waals surface area contributed by atoms with Gasteiger partial charge in [-0.3, -0.25) is 9.69 Å². The molecule has 1 fully saturated rings. The van der Waals surface area contributed by atoms with E-state index in [0.717, 1.165) is 25.8 Å². The lowest BCUT2D eigenvalue weighted by atomic mass is 9.89. The SMILES string of the molecule is CN1CCC(=O)C12CCc1sccc12. The van der Waals surface area contributed by atoms with E-state index in [1.165, 1.54) is 10.4 Å². The summed E-state index contributed by atoms with van der Waals surface area (Å²) >= 11 is 1.80. The lowest BCUT2D eigenvalue weighted by Gasteiger charge is -2.30. The molecule has 0 amide bonds. The van der Waals surface area contributed by atoms with Gasteiger partial charge < -0.3 is 0 Å². The number of hydrogen-bond donors (Lipinski definition) is 0. The van der Waals surface area contributed by atoms with Crippen LogP contribution in [0.5, 0.6) is 0 Å². The fourth-order valence-corrected chi connectivity index (χ4v) is 3.85. The second kappa shape index (κ2) is 2.67. The van der Waals surface area contributed by atoms with E-state index in [-0.39, 0.29) is 5.54 Å². The third-order valence-electron chi connectivity index (χ3n) is 3.69. The summed E-state index contributed by atoms with van der Waals surface area (Å²) in [6.45, 7) is 0.925. The third-order valence-corrected chi connectivity index (χ3v) is 4.67. The molecule has 2 heterocycles. The molecule has 0 saturated carbocycles. The summed E-state index contributed by atoms with van der Waals surface area (Å²) in [6, 6.07) is 2.15. The number of carbonyl (C=O) groups is 1. The molecule has 0 aromatic carbocycles. The average molecular weight is 207 g/mol. The van der Waals surface area contributed by atoms with Gasteiger partial charge >= 0.3 is 0 Å². The van der Waals surface area contributed by atoms with Crippen LogP contribution in [0.1, 0.15) is 23.3 Å². The third kappa shape index (κ3) is 0.823. The fourth-order valence-electron chi connectivity index (χ4n) is 2.90. The number of rotatable bonds is 0. The monoisotopic (exact) mass is 207 g/mol. The molecule has 3 rings (SSSR count). The first-order valence-corrected chi connectivity index (χ1v) is 5.94. The first kappa shape index (κ1) is 8.62. The van der Waals surface area contributed by atoms with E-state index in [1.54, 1.807) is 11.3 Å². The van der Waals surface area contributed by atoms with Gasteiger partial charge in [0.05, 0.1) is 0 Å². The Kier molecular flexibility index (Phi) is 1.65. The Hall–Kier alpha value is -0.670. The van der Waals surface area contributed by atoms with E-state index in [0.29, 0.717) is 5.78 Å². The second-order valence-corrected chi connectivity index (χ2v) is 5.21. The summed E-state index contributed by atoms with van der Waals surface area (Å²) in [7, 11) is 2.08. The molecule has 1 aliphatic heterocycles. The zero-order valence-electron chi connectivity index (χ0n) is 8.25. The van der Waals surface area contributed by atoms with Gasteiger partial charge in [-0.2, -0.15) is 0 Å². The Labute approximate surface area is 87.5 Å². The molecule has 3 heteroatoms. The van der Waals surface area contributed by atoms with E-state index >= 15 is 0 Å². The Bertz CT molecular complexity index is 398. The van der Waals surface area contributed by atoms with Gasteiger partial charge in [-0.1, -0.05) is 0 Å². The van der Waals surface area contributed by atoms with Crippen LogP contribution in [0, 0.1) is 0 Å². The van der Waals surface area contributed by atoms with E-state index in [4.69, 9.17) is 0 Å². The maximum atomic E-state index is 12.0. The van der Waals surface area contributed by atoms with Crippen LogP contribution < -0.4 is 0 Å². The summed E-state index contributed by atoms with van der Waals surface area (Å²) < 4.78 is 0. The number of fused-ring (bicyclic) bond motifs is 2. The first-order chi connectivity index (χ1) is 6.75. The highest BCUT2D eigenvalue weighted by atomic mass is 32.1. The van der Waals surface area contributed by atoms with Gasteiger partial charge in [-0.25, -0.2) is 0 Å². The molecule has 1 aromatic heterocycles. The van der Waals surface area contributed by atoms with Crippen molar-refractivity contribution in [2.24, 2.45) is 0 Å². The van der Waals surface area contributed by atoms with E-state index in [1.807, 2.05) is 0 Å². The van der Waals surface area contributed by atoms with Crippen molar-refractivity contribution in [1.82, 2.24) is 4.90 Å². The van der Waals surface area contributed by atoms with Gasteiger partial charge in [-0.05, 0) is 36.9 Å². The molecule has 2 aliphatic rings. The number of nitrogens with zero attached hydrogens (tertiary/aromatic N) is 1. The molecule has 1 aliphatic carbocycles. The number of likely N-dealkylation sites (tertiary alicyclic amines) is 1. The summed E-state index contributed by atoms with van der Waals surface area (Å²) in [5.41, 5.74) is 1.07. The van der Waals surface area contributed by atoms with Crippen molar-refractivity contribution in [3.05, 3.63) is 21.9 Å². The zero-order valence-corrected chi connectivity index (χ0v) is 9.06. The molecule has 0 radical (unpaired) electrons. The van der Waals surface area contributed by atoms with Crippen LogP contribution in [0.3, 0.4) is 0 Å². The van der Waals surface area contributed by atoms with Gasteiger partial charge in [0, 0.05) is 17.8 Å². The molecule has 1 unspecified atom stereocenters. The van der Waals surface area contributed by atoms with Crippen LogP contribution in [0.25, 0.3) is 0 Å². The van der Waals surface area contributed by atoms with Crippen molar-refractivity contribution < 1.29 is 4.79 Å². The van der Waals surface area contributed by atoms with Crippen LogP contribution in [0.2, 0.25) is 0 Å². The predicted octanol–water partition coefficient (Wildman–Crippen LogP) is 1.79. The number of Topliss-reactive ketones (excluding diaryl/α,β-unsaturated/α-hetero) is 1. The highest BCUT2D eigenvalue weighted by molar-refractivity contribution is 7.10. The number of hydrogen-bond acceptors (Lipinski definition) is 3. The predicted molar refractivity (Wildman–Crippen MR) is 56.6 cm³/mol. The van der Waals surface area contributed by atoms with Gasteiger partial charge in [0.1, 0.15) is 5.54 Å². The zero-order chi connectivity index (χ0) is 9.76. The van der Waals surface area contributed by atoms with Crippen molar-refractivity contribution in [2.45, 2.75) is 24.8 Å². The van der Waals surface area contributed by atoms with Crippen LogP contribution in [0.15, 0.2) is 11.4 Å². The Morgan fingerprint density at radius 2 is 2.36 bits per heavy atom. The lowest BCUT2D eigenvalue weighted by Crippen LogP contribution is -2.41. The maximum absolute atomic E-state index is 12.0. The molecule has 74 valence electrons. The molecule has 14 heavy (non-hydrogen) atoms. The minimum atomic E-state index is -0.227. The van der Waals surface area contributed by atoms with E-state index in [9.17, 15) is 4.79 Å². The van der Waals surface area contributed by atoms with E-state index in [2.05, 4.69) is 23.4 Å². The van der Waals surface area contributed by atoms with Crippen molar-refractivity contribution in [1.29, 1.82) is 0 Å². The standard InChI is InChI=1S/C11H13NOS/c1-12-6-3-10(13)11(12)5-2-9-8(11)4-7-14-9/h4,7H,2-3,5-6H2,1H3. The molecular weight excluding hydrogens is 194 g/mol. The van der Waals surface area contributed by atoms with Crippen LogP contribution in [-0.4, -0.2) is 24.3 Å². The topological polar surface area (TPSA) is 20.3 Å². The van der Waals surface area contributed by atoms with Gasteiger partial charge in [-0.15, -0.1) is 11.3 Å². The number of ketones is 1. The Morgan fingerprint density at radius 3 is 3.07 bits per heavy atom. The minimum absolute atomic E-state index is 0.227. The maximum Gasteiger partial charge on any atom is 0.158 e. The van der Waals surface area contributed by atoms with Gasteiger partial charge in [0.15, 0.2) is 5.78 Å². The highest BCUT2D eigenvalue weighted by Crippen LogP contribution is 2.47. The number of thiophene rings is 1. The summed E-state index contributed by atoms with van der Waals surface area (Å²) in [4.78, 5) is 15.7. The summed E-state index contributed by atoms with van der Waals surface area (Å²) in [5, 5.41) is 2.12.